The van der Waals surface area contributed by atoms with Crippen LogP contribution in [0, 0.1) is 17.5 Å². The maximum absolute atomic E-state index is 13.0. The van der Waals surface area contributed by atoms with Gasteiger partial charge in [-0.25, -0.2) is 18.0 Å². The topological polar surface area (TPSA) is 55.4 Å². The summed E-state index contributed by atoms with van der Waals surface area (Å²) in [4.78, 5) is 23.2. The van der Waals surface area contributed by atoms with Crippen LogP contribution in [0.4, 0.5) is 18.9 Å². The van der Waals surface area contributed by atoms with Gasteiger partial charge < -0.3 is 10.1 Å². The SMILES string of the molecule is O=C(COC(=O)c1cc(F)cc(F)c1)Nc1ccc(F)cc1Cl. The summed E-state index contributed by atoms with van der Waals surface area (Å²) in [7, 11) is 0. The normalized spacial score (nSPS) is 10.3. The average Bonchev–Trinajstić information content (AvgIpc) is 2.46. The average molecular weight is 344 g/mol. The third kappa shape index (κ3) is 4.72. The maximum Gasteiger partial charge on any atom is 0.338 e. The molecule has 0 aliphatic heterocycles. The molecule has 0 atom stereocenters. The lowest BCUT2D eigenvalue weighted by atomic mass is 10.2. The van der Waals surface area contributed by atoms with E-state index < -0.39 is 35.9 Å². The zero-order chi connectivity index (χ0) is 17.0. The minimum absolute atomic E-state index is 0.0307. The number of amides is 1. The molecule has 1 amide bonds. The number of halogens is 4. The highest BCUT2D eigenvalue weighted by atomic mass is 35.5. The molecule has 2 aromatic rings. The molecule has 0 bridgehead atoms. The number of rotatable bonds is 4. The van der Waals surface area contributed by atoms with Crippen LogP contribution >= 0.6 is 11.6 Å². The molecule has 0 aliphatic rings. The molecule has 0 aliphatic carbocycles. The molecule has 0 spiro atoms. The van der Waals surface area contributed by atoms with E-state index in [-0.39, 0.29) is 16.3 Å². The summed E-state index contributed by atoms with van der Waals surface area (Å²) in [6, 6.07) is 5.47. The number of esters is 1. The highest BCUT2D eigenvalue weighted by Gasteiger charge is 2.13. The van der Waals surface area contributed by atoms with Crippen molar-refractivity contribution in [2.24, 2.45) is 0 Å². The highest BCUT2D eigenvalue weighted by molar-refractivity contribution is 6.33. The van der Waals surface area contributed by atoms with Gasteiger partial charge in [0.1, 0.15) is 17.5 Å². The third-order valence-electron chi connectivity index (χ3n) is 2.64. The van der Waals surface area contributed by atoms with Gasteiger partial charge in [0.05, 0.1) is 16.3 Å². The van der Waals surface area contributed by atoms with E-state index in [1.54, 1.807) is 0 Å². The smallest absolute Gasteiger partial charge is 0.338 e. The number of ether oxygens (including phenoxy) is 1. The first-order valence-electron chi connectivity index (χ1n) is 6.23. The van der Waals surface area contributed by atoms with E-state index in [1.807, 2.05) is 0 Å². The molecule has 0 heterocycles. The number of hydrogen-bond acceptors (Lipinski definition) is 3. The van der Waals surface area contributed by atoms with Gasteiger partial charge in [0, 0.05) is 6.07 Å². The van der Waals surface area contributed by atoms with Crippen molar-refractivity contribution in [2.45, 2.75) is 0 Å². The molecule has 0 aromatic heterocycles. The Hall–Kier alpha value is -2.54. The van der Waals surface area contributed by atoms with Gasteiger partial charge in [0.25, 0.3) is 5.91 Å². The summed E-state index contributed by atoms with van der Waals surface area (Å²) in [6.45, 7) is -0.704. The second-order valence-electron chi connectivity index (χ2n) is 4.41. The first-order valence-corrected chi connectivity index (χ1v) is 6.61. The lowest BCUT2D eigenvalue weighted by Crippen LogP contribution is -2.21. The summed E-state index contributed by atoms with van der Waals surface area (Å²) in [5.41, 5.74) is -0.235. The molecular formula is C15H9ClF3NO3. The summed E-state index contributed by atoms with van der Waals surface area (Å²) >= 11 is 5.72. The molecule has 0 unspecified atom stereocenters. The van der Waals surface area contributed by atoms with Crippen molar-refractivity contribution < 1.29 is 27.5 Å². The van der Waals surface area contributed by atoms with Crippen molar-refractivity contribution in [2.75, 3.05) is 11.9 Å². The van der Waals surface area contributed by atoms with Gasteiger partial charge in [-0.2, -0.15) is 0 Å². The van der Waals surface area contributed by atoms with E-state index >= 15 is 0 Å². The molecule has 0 radical (unpaired) electrons. The molecule has 4 nitrogen and oxygen atoms in total. The largest absolute Gasteiger partial charge is 0.452 e. The van der Waals surface area contributed by atoms with Crippen molar-refractivity contribution in [1.82, 2.24) is 0 Å². The number of anilines is 1. The zero-order valence-corrected chi connectivity index (χ0v) is 12.2. The highest BCUT2D eigenvalue weighted by Crippen LogP contribution is 2.22. The minimum Gasteiger partial charge on any atom is -0.452 e. The number of nitrogens with one attached hydrogen (secondary N) is 1. The van der Waals surface area contributed by atoms with Crippen LogP contribution in [0.2, 0.25) is 5.02 Å². The fourth-order valence-corrected chi connectivity index (χ4v) is 1.88. The monoisotopic (exact) mass is 343 g/mol. The van der Waals surface area contributed by atoms with Gasteiger partial charge in [-0.3, -0.25) is 4.79 Å². The first kappa shape index (κ1) is 16.8. The standard InChI is InChI=1S/C15H9ClF3NO3/c16-12-6-9(17)1-2-13(12)20-14(21)7-23-15(22)8-3-10(18)5-11(19)4-8/h1-6H,7H2,(H,20,21). The summed E-state index contributed by atoms with van der Waals surface area (Å²) in [5.74, 6) is -4.28. The molecule has 120 valence electrons. The van der Waals surface area contributed by atoms with Crippen LogP contribution in [-0.4, -0.2) is 18.5 Å². The fourth-order valence-electron chi connectivity index (χ4n) is 1.66. The van der Waals surface area contributed by atoms with Crippen LogP contribution in [0.1, 0.15) is 10.4 Å². The van der Waals surface area contributed by atoms with Crippen molar-refractivity contribution in [3.63, 3.8) is 0 Å². The van der Waals surface area contributed by atoms with Gasteiger partial charge in [-0.15, -0.1) is 0 Å². The van der Waals surface area contributed by atoms with Crippen molar-refractivity contribution in [3.8, 4) is 0 Å². The zero-order valence-electron chi connectivity index (χ0n) is 11.4. The Labute approximate surface area is 133 Å². The molecule has 23 heavy (non-hydrogen) atoms. The van der Waals surface area contributed by atoms with Gasteiger partial charge in [-0.05, 0) is 30.3 Å². The van der Waals surface area contributed by atoms with E-state index in [2.05, 4.69) is 10.1 Å². The molecule has 8 heteroatoms. The summed E-state index contributed by atoms with van der Waals surface area (Å²) in [6.07, 6.45) is 0. The fraction of sp³-hybridized carbons (Fsp3) is 0.0667. The quantitative estimate of drug-likeness (QED) is 0.864. The number of hydrogen-bond donors (Lipinski definition) is 1. The molecule has 0 saturated carbocycles. The van der Waals surface area contributed by atoms with Gasteiger partial charge >= 0.3 is 5.97 Å². The molecule has 0 saturated heterocycles. The lowest BCUT2D eigenvalue weighted by Gasteiger charge is -2.08. The molecular weight excluding hydrogens is 335 g/mol. The van der Waals surface area contributed by atoms with Gasteiger partial charge in [0.15, 0.2) is 6.61 Å². The predicted molar refractivity (Wildman–Crippen MR) is 76.7 cm³/mol. The maximum atomic E-state index is 13.0. The molecule has 2 aromatic carbocycles. The molecule has 0 fully saturated rings. The molecule has 1 N–H and O–H groups in total. The van der Waals surface area contributed by atoms with E-state index in [0.717, 1.165) is 24.3 Å². The number of carbonyl (C=O) groups excluding carboxylic acids is 2. The Kier molecular flexibility index (Phi) is 5.23. The van der Waals surface area contributed by atoms with Crippen molar-refractivity contribution in [3.05, 3.63) is 64.4 Å². The van der Waals surface area contributed by atoms with Crippen molar-refractivity contribution >= 4 is 29.2 Å². The van der Waals surface area contributed by atoms with Crippen LogP contribution in [0.25, 0.3) is 0 Å². The Morgan fingerprint density at radius 3 is 2.26 bits per heavy atom. The van der Waals surface area contributed by atoms with E-state index in [4.69, 9.17) is 11.6 Å². The first-order chi connectivity index (χ1) is 10.8. The van der Waals surface area contributed by atoms with Crippen LogP contribution in [0.15, 0.2) is 36.4 Å². The minimum atomic E-state index is -1.07. The lowest BCUT2D eigenvalue weighted by molar-refractivity contribution is -0.119. The van der Waals surface area contributed by atoms with Crippen molar-refractivity contribution in [1.29, 1.82) is 0 Å². The van der Waals surface area contributed by atoms with E-state index in [1.165, 1.54) is 6.07 Å². The van der Waals surface area contributed by atoms with E-state index in [9.17, 15) is 22.8 Å². The second-order valence-corrected chi connectivity index (χ2v) is 4.81. The van der Waals surface area contributed by atoms with E-state index in [0.29, 0.717) is 6.07 Å². The number of carbonyl (C=O) groups is 2. The third-order valence-corrected chi connectivity index (χ3v) is 2.95. The second kappa shape index (κ2) is 7.15. The van der Waals surface area contributed by atoms with Crippen LogP contribution in [-0.2, 0) is 9.53 Å². The van der Waals surface area contributed by atoms with Crippen LogP contribution in [0.3, 0.4) is 0 Å². The van der Waals surface area contributed by atoms with Crippen LogP contribution in [0.5, 0.6) is 0 Å². The Morgan fingerprint density at radius 2 is 1.65 bits per heavy atom. The number of benzene rings is 2. The van der Waals surface area contributed by atoms with Gasteiger partial charge in [0.2, 0.25) is 0 Å². The summed E-state index contributed by atoms with van der Waals surface area (Å²) in [5, 5.41) is 2.27. The predicted octanol–water partition coefficient (Wildman–Crippen LogP) is 3.55. The summed E-state index contributed by atoms with van der Waals surface area (Å²) < 4.78 is 43.5. The van der Waals surface area contributed by atoms with Gasteiger partial charge in [-0.1, -0.05) is 11.6 Å². The Morgan fingerprint density at radius 1 is 1.00 bits per heavy atom. The Bertz CT molecular complexity index is 747. The Balaban J connectivity index is 1.94. The van der Waals surface area contributed by atoms with Crippen LogP contribution < -0.4 is 5.32 Å². The molecule has 2 rings (SSSR count).